The van der Waals surface area contributed by atoms with Gasteiger partial charge in [-0.1, -0.05) is 6.07 Å². The van der Waals surface area contributed by atoms with Crippen LogP contribution in [0.3, 0.4) is 0 Å². The van der Waals surface area contributed by atoms with Gasteiger partial charge in [0.1, 0.15) is 6.07 Å². The van der Waals surface area contributed by atoms with E-state index >= 15 is 0 Å². The number of ether oxygens (including phenoxy) is 2. The van der Waals surface area contributed by atoms with Crippen molar-refractivity contribution < 1.29 is 18.3 Å². The average Bonchev–Trinajstić information content (AvgIpc) is 2.57. The van der Waals surface area contributed by atoms with Gasteiger partial charge in [0.25, 0.3) is 0 Å². The van der Waals surface area contributed by atoms with Crippen molar-refractivity contribution in [1.29, 1.82) is 5.26 Å². The van der Waals surface area contributed by atoms with Crippen LogP contribution < -0.4 is 15.8 Å². The van der Waals surface area contributed by atoms with Gasteiger partial charge in [-0.3, -0.25) is 0 Å². The number of halogens is 2. The van der Waals surface area contributed by atoms with Crippen LogP contribution in [0.25, 0.3) is 11.1 Å². The zero-order valence-corrected chi connectivity index (χ0v) is 12.9. The molecule has 24 heavy (non-hydrogen) atoms. The van der Waals surface area contributed by atoms with Crippen molar-refractivity contribution in [2.24, 2.45) is 0 Å². The van der Waals surface area contributed by atoms with Crippen LogP contribution in [0.4, 0.5) is 20.3 Å². The van der Waals surface area contributed by atoms with Crippen LogP contribution in [-0.2, 0) is 4.74 Å². The molecule has 0 atom stereocenters. The van der Waals surface area contributed by atoms with Gasteiger partial charge < -0.3 is 20.5 Å². The molecule has 2 rings (SSSR count). The first-order valence-corrected chi connectivity index (χ1v) is 7.02. The summed E-state index contributed by atoms with van der Waals surface area (Å²) in [6.07, 6.45) is 1.43. The summed E-state index contributed by atoms with van der Waals surface area (Å²) in [6.45, 7) is -1.94. The maximum Gasteiger partial charge on any atom is 0.387 e. The van der Waals surface area contributed by atoms with Gasteiger partial charge in [0.2, 0.25) is 0 Å². The quantitative estimate of drug-likeness (QED) is 0.756. The number of methoxy groups -OCH3 is 1. The normalized spacial score (nSPS) is 10.5. The highest BCUT2D eigenvalue weighted by atomic mass is 19.3. The van der Waals surface area contributed by atoms with Gasteiger partial charge >= 0.3 is 6.61 Å². The monoisotopic (exact) mass is 334 g/mol. The Morgan fingerprint density at radius 1 is 1.33 bits per heavy atom. The minimum atomic E-state index is -2.99. The van der Waals surface area contributed by atoms with Gasteiger partial charge in [-0.05, 0) is 23.8 Å². The van der Waals surface area contributed by atoms with Crippen molar-refractivity contribution in [3.8, 4) is 22.9 Å². The van der Waals surface area contributed by atoms with Crippen molar-refractivity contribution in [3.05, 3.63) is 36.0 Å². The number of nitrogens with one attached hydrogen (secondary N) is 1. The fourth-order valence-corrected chi connectivity index (χ4v) is 2.06. The lowest BCUT2D eigenvalue weighted by Gasteiger charge is -2.11. The summed E-state index contributed by atoms with van der Waals surface area (Å²) < 4.78 is 34.1. The molecule has 0 radical (unpaired) electrons. The Bertz CT molecular complexity index is 747. The number of benzene rings is 1. The Balaban J connectivity index is 2.30. The topological polar surface area (TPSA) is 93.2 Å². The van der Waals surface area contributed by atoms with Crippen molar-refractivity contribution in [3.63, 3.8) is 0 Å². The Labute approximate surface area is 137 Å². The number of hydrogen-bond acceptors (Lipinski definition) is 6. The second kappa shape index (κ2) is 8.08. The zero-order chi connectivity index (χ0) is 17.5. The van der Waals surface area contributed by atoms with Crippen molar-refractivity contribution in [2.75, 3.05) is 31.3 Å². The van der Waals surface area contributed by atoms with E-state index in [1.807, 2.05) is 0 Å². The van der Waals surface area contributed by atoms with E-state index in [4.69, 9.17) is 10.5 Å². The molecule has 3 N–H and O–H groups in total. The highest BCUT2D eigenvalue weighted by molar-refractivity contribution is 5.72. The van der Waals surface area contributed by atoms with Crippen LogP contribution >= 0.6 is 0 Å². The van der Waals surface area contributed by atoms with Gasteiger partial charge in [-0.2, -0.15) is 14.0 Å². The molecule has 1 aromatic carbocycles. The second-order valence-electron chi connectivity index (χ2n) is 4.78. The Kier molecular flexibility index (Phi) is 5.87. The van der Waals surface area contributed by atoms with Crippen molar-refractivity contribution >= 4 is 11.5 Å². The molecule has 0 fully saturated rings. The maximum atomic E-state index is 12.4. The first-order valence-electron chi connectivity index (χ1n) is 7.02. The number of nitrogens with two attached hydrogens (primary N) is 1. The van der Waals surface area contributed by atoms with Gasteiger partial charge in [0, 0.05) is 25.4 Å². The third-order valence-corrected chi connectivity index (χ3v) is 3.19. The van der Waals surface area contributed by atoms with Gasteiger partial charge in [0.15, 0.2) is 11.6 Å². The Hall–Kier alpha value is -2.92. The number of nitriles is 1. The number of pyridine rings is 1. The molecule has 0 saturated heterocycles. The van der Waals surface area contributed by atoms with Crippen LogP contribution in [0.15, 0.2) is 30.5 Å². The molecule has 0 bridgehead atoms. The Morgan fingerprint density at radius 2 is 2.12 bits per heavy atom. The van der Waals surface area contributed by atoms with E-state index in [0.717, 1.165) is 0 Å². The summed E-state index contributed by atoms with van der Waals surface area (Å²) in [6, 6.07) is 8.56. The van der Waals surface area contributed by atoms with E-state index in [9.17, 15) is 14.0 Å². The predicted molar refractivity (Wildman–Crippen MR) is 85.8 cm³/mol. The highest BCUT2D eigenvalue weighted by Crippen LogP contribution is 2.30. The number of nitrogens with zero attached hydrogens (tertiary/aromatic N) is 2. The molecule has 0 spiro atoms. The molecule has 6 nitrogen and oxygen atoms in total. The number of nitrogen functional groups attached to an aromatic ring is 1. The van der Waals surface area contributed by atoms with Gasteiger partial charge in [-0.25, -0.2) is 4.98 Å². The number of alkyl halides is 2. The van der Waals surface area contributed by atoms with E-state index < -0.39 is 6.61 Å². The van der Waals surface area contributed by atoms with Crippen molar-refractivity contribution in [2.45, 2.75) is 6.61 Å². The predicted octanol–water partition coefficient (Wildman–Crippen LogP) is 2.86. The molecule has 1 aromatic heterocycles. The summed E-state index contributed by atoms with van der Waals surface area (Å²) in [4.78, 5) is 3.85. The largest absolute Gasteiger partial charge is 0.431 e. The maximum absolute atomic E-state index is 12.4. The average molecular weight is 334 g/mol. The molecule has 0 aliphatic carbocycles. The lowest BCUT2D eigenvalue weighted by molar-refractivity contribution is -0.0494. The SMILES string of the molecule is COCCNc1ccc(-c2cnc(N)c(OC(F)F)c2)cc1C#N. The summed E-state index contributed by atoms with van der Waals surface area (Å²) in [5.74, 6) is -0.333. The molecule has 8 heteroatoms. The lowest BCUT2D eigenvalue weighted by atomic mass is 10.0. The minimum Gasteiger partial charge on any atom is -0.431 e. The zero-order valence-electron chi connectivity index (χ0n) is 12.9. The number of anilines is 2. The summed E-state index contributed by atoms with van der Waals surface area (Å²) in [5.41, 5.74) is 7.74. The second-order valence-corrected chi connectivity index (χ2v) is 4.78. The van der Waals surface area contributed by atoms with Crippen LogP contribution in [-0.4, -0.2) is 31.9 Å². The molecule has 0 amide bonds. The van der Waals surface area contributed by atoms with E-state index in [2.05, 4.69) is 21.1 Å². The Morgan fingerprint density at radius 3 is 2.79 bits per heavy atom. The molecule has 0 unspecified atom stereocenters. The summed E-state index contributed by atoms with van der Waals surface area (Å²) in [7, 11) is 1.59. The highest BCUT2D eigenvalue weighted by Gasteiger charge is 2.12. The fraction of sp³-hybridized carbons (Fsp3) is 0.250. The molecular weight excluding hydrogens is 318 g/mol. The van der Waals surface area contributed by atoms with Crippen LogP contribution in [0.5, 0.6) is 5.75 Å². The van der Waals surface area contributed by atoms with E-state index in [1.54, 1.807) is 25.3 Å². The number of rotatable bonds is 7. The van der Waals surface area contributed by atoms with Gasteiger partial charge in [0.05, 0.1) is 17.9 Å². The van der Waals surface area contributed by atoms with E-state index in [0.29, 0.717) is 35.5 Å². The molecule has 2 aromatic rings. The number of aromatic nitrogens is 1. The molecule has 126 valence electrons. The molecular formula is C16H16F2N4O2. The van der Waals surface area contributed by atoms with Crippen LogP contribution in [0.2, 0.25) is 0 Å². The van der Waals surface area contributed by atoms with Crippen LogP contribution in [0.1, 0.15) is 5.56 Å². The number of hydrogen-bond donors (Lipinski definition) is 2. The molecule has 1 heterocycles. The van der Waals surface area contributed by atoms with Gasteiger partial charge in [-0.15, -0.1) is 0 Å². The minimum absolute atomic E-state index is 0.127. The van der Waals surface area contributed by atoms with Crippen molar-refractivity contribution in [1.82, 2.24) is 4.98 Å². The lowest BCUT2D eigenvalue weighted by Crippen LogP contribution is -2.08. The standard InChI is InChI=1S/C16H16F2N4O2/c1-23-5-4-21-13-3-2-10(6-11(13)8-19)12-7-14(24-16(17)18)15(20)22-9-12/h2-3,6-7,9,16,21H,4-5H2,1H3,(H2,20,22). The molecule has 0 saturated carbocycles. The fourth-order valence-electron chi connectivity index (χ4n) is 2.06. The molecule has 0 aliphatic heterocycles. The summed E-state index contributed by atoms with van der Waals surface area (Å²) >= 11 is 0. The first kappa shape index (κ1) is 17.4. The third-order valence-electron chi connectivity index (χ3n) is 3.19. The van der Waals surface area contributed by atoms with Crippen LogP contribution in [0, 0.1) is 11.3 Å². The third kappa shape index (κ3) is 4.30. The van der Waals surface area contributed by atoms with E-state index in [-0.39, 0.29) is 11.6 Å². The first-order chi connectivity index (χ1) is 11.5. The van der Waals surface area contributed by atoms with E-state index in [1.165, 1.54) is 12.3 Å². The summed E-state index contributed by atoms with van der Waals surface area (Å²) in [5, 5.41) is 12.4. The molecule has 0 aliphatic rings. The smallest absolute Gasteiger partial charge is 0.387 e.